The van der Waals surface area contributed by atoms with Crippen LogP contribution in [-0.2, 0) is 20.4 Å². The zero-order valence-electron chi connectivity index (χ0n) is 22.1. The van der Waals surface area contributed by atoms with Crippen LogP contribution in [0, 0.1) is 17.7 Å². The maximum atomic E-state index is 15.1. The third kappa shape index (κ3) is 8.78. The number of halogens is 4. The Morgan fingerprint density at radius 2 is 1.39 bits per heavy atom. The molecule has 0 aliphatic carbocycles. The molecule has 0 radical (unpaired) electrons. The van der Waals surface area contributed by atoms with Crippen LogP contribution in [0.15, 0.2) is 118 Å². The first-order chi connectivity index (χ1) is 19.5. The molecule has 0 heterocycles. The molecule has 0 spiro atoms. The topological polar surface area (TPSA) is 44.8 Å². The zero-order valence-corrected chi connectivity index (χ0v) is 22.9. The van der Waals surface area contributed by atoms with Crippen LogP contribution >= 0.6 is 0 Å². The van der Waals surface area contributed by atoms with Crippen LogP contribution in [0.5, 0.6) is 11.5 Å². The highest BCUT2D eigenvalue weighted by molar-refractivity contribution is 7.97. The van der Waals surface area contributed by atoms with Crippen molar-refractivity contribution in [1.82, 2.24) is 0 Å². The molecule has 0 atom stereocenters. The van der Waals surface area contributed by atoms with Gasteiger partial charge in [-0.25, -0.2) is 9.18 Å². The molecule has 4 aromatic rings. The Morgan fingerprint density at radius 1 is 0.805 bits per heavy atom. The number of esters is 1. The summed E-state index contributed by atoms with van der Waals surface area (Å²) in [6.45, 7) is 2.54. The summed E-state index contributed by atoms with van der Waals surface area (Å²) >= 11 is 0. The van der Waals surface area contributed by atoms with Gasteiger partial charge >= 0.3 is 12.3 Å². The summed E-state index contributed by atoms with van der Waals surface area (Å²) in [5, 5.41) is 0. The normalized spacial score (nSPS) is 11.4. The Morgan fingerprint density at radius 3 is 1.93 bits per heavy atom. The van der Waals surface area contributed by atoms with Crippen molar-refractivity contribution >= 4 is 16.9 Å². The average Bonchev–Trinajstić information content (AvgIpc) is 2.92. The molecule has 0 amide bonds. The molecule has 0 N–H and O–H groups in total. The highest BCUT2D eigenvalue weighted by Gasteiger charge is 2.31. The molecule has 0 saturated heterocycles. The summed E-state index contributed by atoms with van der Waals surface area (Å²) in [4.78, 5) is 15.2. The lowest BCUT2D eigenvalue weighted by atomic mass is 10.1. The van der Waals surface area contributed by atoms with Gasteiger partial charge in [-0.1, -0.05) is 48.2 Å². The minimum Gasteiger partial charge on any atom is -0.479 e. The molecule has 0 unspecified atom stereocenters. The van der Waals surface area contributed by atoms with Gasteiger partial charge in [0.15, 0.2) is 38.5 Å². The van der Waals surface area contributed by atoms with Gasteiger partial charge in [0.05, 0.1) is 10.9 Å². The van der Waals surface area contributed by atoms with Gasteiger partial charge in [-0.2, -0.15) is 0 Å². The molecule has 4 rings (SSSR count). The number of ether oxygens (including phenoxy) is 3. The van der Waals surface area contributed by atoms with Gasteiger partial charge in [-0.15, -0.1) is 13.2 Å². The number of alkyl halides is 3. The average molecular weight is 582 g/mol. The standard InChI is InChI=1S/C32H25F4O4S/c1-31(2,20-19-23-13-15-24(16-14-23)39-32(34,35)36)40-30(37)22-38-29-18-17-27(21-28(29)33)41(25-9-5-3-6-10-25)26-11-7-4-8-12-26/h3-18,21H,22H2,1-2H3/q+1. The van der Waals surface area contributed by atoms with E-state index < -0.39 is 41.3 Å². The van der Waals surface area contributed by atoms with E-state index >= 15 is 4.39 Å². The lowest BCUT2D eigenvalue weighted by Gasteiger charge is -2.19. The fourth-order valence-corrected chi connectivity index (χ4v) is 5.79. The molecular weight excluding hydrogens is 556 g/mol. The van der Waals surface area contributed by atoms with Crippen molar-refractivity contribution in [2.45, 2.75) is 40.5 Å². The van der Waals surface area contributed by atoms with Crippen molar-refractivity contribution in [3.63, 3.8) is 0 Å². The van der Waals surface area contributed by atoms with Crippen LogP contribution in [0.1, 0.15) is 19.4 Å². The lowest BCUT2D eigenvalue weighted by Crippen LogP contribution is -2.29. The minimum absolute atomic E-state index is 0.0968. The molecule has 210 valence electrons. The predicted molar refractivity (Wildman–Crippen MR) is 147 cm³/mol. The minimum atomic E-state index is -4.79. The largest absolute Gasteiger partial charge is 0.573 e. The van der Waals surface area contributed by atoms with Crippen LogP contribution < -0.4 is 9.47 Å². The summed E-state index contributed by atoms with van der Waals surface area (Å²) in [6, 6.07) is 29.2. The van der Waals surface area contributed by atoms with Crippen molar-refractivity contribution in [2.75, 3.05) is 6.61 Å². The smallest absolute Gasteiger partial charge is 0.479 e. The van der Waals surface area contributed by atoms with Crippen molar-refractivity contribution in [1.29, 1.82) is 0 Å². The zero-order chi connectivity index (χ0) is 29.5. The molecule has 0 aliphatic heterocycles. The lowest BCUT2D eigenvalue weighted by molar-refractivity contribution is -0.274. The van der Waals surface area contributed by atoms with E-state index in [-0.39, 0.29) is 11.5 Å². The Hall–Kier alpha value is -4.42. The molecule has 0 bridgehead atoms. The SMILES string of the molecule is CC(C)(C#Cc1ccc(OC(F)(F)F)cc1)OC(=O)COc1ccc([S+](c2ccccc2)c2ccccc2)cc1F. The van der Waals surface area contributed by atoms with Crippen LogP contribution in [0.25, 0.3) is 0 Å². The second-order valence-electron chi connectivity index (χ2n) is 9.12. The van der Waals surface area contributed by atoms with E-state index in [0.29, 0.717) is 5.56 Å². The van der Waals surface area contributed by atoms with Crippen molar-refractivity contribution in [3.05, 3.63) is 115 Å². The fourth-order valence-electron chi connectivity index (χ4n) is 3.69. The van der Waals surface area contributed by atoms with Gasteiger partial charge in [0.1, 0.15) is 5.75 Å². The van der Waals surface area contributed by atoms with Gasteiger partial charge in [0.25, 0.3) is 0 Å². The Labute approximate surface area is 238 Å². The van der Waals surface area contributed by atoms with Gasteiger partial charge in [0.2, 0.25) is 0 Å². The second kappa shape index (κ2) is 12.8. The number of carbonyl (C=O) groups is 1. The molecule has 41 heavy (non-hydrogen) atoms. The Bertz CT molecular complexity index is 1490. The number of rotatable bonds is 8. The van der Waals surface area contributed by atoms with Gasteiger partial charge in [-0.3, -0.25) is 0 Å². The molecule has 4 aromatic carbocycles. The maximum absolute atomic E-state index is 15.1. The number of hydrogen-bond donors (Lipinski definition) is 0. The quantitative estimate of drug-likeness (QED) is 0.0932. The molecule has 0 saturated carbocycles. The monoisotopic (exact) mass is 581 g/mol. The van der Waals surface area contributed by atoms with E-state index in [1.807, 2.05) is 60.7 Å². The Balaban J connectivity index is 1.39. The van der Waals surface area contributed by atoms with Crippen molar-refractivity contribution in [3.8, 4) is 23.3 Å². The third-order valence-electron chi connectivity index (χ3n) is 5.41. The first-order valence-corrected chi connectivity index (χ1v) is 13.6. The summed E-state index contributed by atoms with van der Waals surface area (Å²) in [5.74, 6) is 3.64. The van der Waals surface area contributed by atoms with Crippen LogP contribution in [-0.4, -0.2) is 24.5 Å². The Kier molecular flexibility index (Phi) is 9.25. The highest BCUT2D eigenvalue weighted by Crippen LogP contribution is 2.33. The van der Waals surface area contributed by atoms with Gasteiger partial charge < -0.3 is 14.2 Å². The molecule has 0 fully saturated rings. The van der Waals surface area contributed by atoms with E-state index in [9.17, 15) is 18.0 Å². The molecule has 0 aliphatic rings. The number of carbonyl (C=O) groups excluding carboxylic acids is 1. The first-order valence-electron chi connectivity index (χ1n) is 12.4. The van der Waals surface area contributed by atoms with Crippen LogP contribution in [0.3, 0.4) is 0 Å². The van der Waals surface area contributed by atoms with Crippen LogP contribution in [0.2, 0.25) is 0 Å². The van der Waals surface area contributed by atoms with E-state index in [4.69, 9.17) is 9.47 Å². The molecule has 4 nitrogen and oxygen atoms in total. The maximum Gasteiger partial charge on any atom is 0.573 e. The summed E-state index contributed by atoms with van der Waals surface area (Å²) < 4.78 is 66.6. The van der Waals surface area contributed by atoms with E-state index in [1.54, 1.807) is 19.9 Å². The summed E-state index contributed by atoms with van der Waals surface area (Å²) in [7, 11) is -0.543. The predicted octanol–water partition coefficient (Wildman–Crippen LogP) is 7.57. The van der Waals surface area contributed by atoms with E-state index in [2.05, 4.69) is 16.6 Å². The van der Waals surface area contributed by atoms with E-state index in [0.717, 1.165) is 26.8 Å². The van der Waals surface area contributed by atoms with Crippen molar-refractivity contribution < 1.29 is 36.6 Å². The van der Waals surface area contributed by atoms with E-state index in [1.165, 1.54) is 24.3 Å². The van der Waals surface area contributed by atoms with Crippen LogP contribution in [0.4, 0.5) is 17.6 Å². The van der Waals surface area contributed by atoms with Gasteiger partial charge in [0, 0.05) is 11.6 Å². The summed E-state index contributed by atoms with van der Waals surface area (Å²) in [5.41, 5.74) is -0.851. The number of hydrogen-bond acceptors (Lipinski definition) is 4. The first kappa shape index (κ1) is 29.6. The number of benzene rings is 4. The highest BCUT2D eigenvalue weighted by atomic mass is 32.2. The van der Waals surface area contributed by atoms with Gasteiger partial charge in [-0.05, 0) is 74.5 Å². The fraction of sp³-hybridized carbons (Fsp3) is 0.156. The molecular formula is C32H25F4O4S+. The molecule has 0 aromatic heterocycles. The van der Waals surface area contributed by atoms with Crippen molar-refractivity contribution in [2.24, 2.45) is 0 Å². The third-order valence-corrected chi connectivity index (χ3v) is 7.62. The molecule has 9 heteroatoms. The summed E-state index contributed by atoms with van der Waals surface area (Å²) in [6.07, 6.45) is -4.79. The second-order valence-corrected chi connectivity index (χ2v) is 11.1.